The fourth-order valence-electron chi connectivity index (χ4n) is 9.85. The average molecular weight is 489 g/mol. The zero-order chi connectivity index (χ0) is 26.5. The summed E-state index contributed by atoms with van der Waals surface area (Å²) in [5.41, 5.74) is -0.844. The van der Waals surface area contributed by atoms with E-state index in [-0.39, 0.29) is 51.1 Å². The number of nitriles is 2. The minimum atomic E-state index is -0.659. The molecule has 5 rings (SSSR count). The van der Waals surface area contributed by atoms with E-state index in [1.54, 1.807) is 0 Å². The van der Waals surface area contributed by atoms with Gasteiger partial charge in [-0.3, -0.25) is 9.59 Å². The van der Waals surface area contributed by atoms with Crippen LogP contribution < -0.4 is 0 Å². The van der Waals surface area contributed by atoms with Gasteiger partial charge in [-0.25, -0.2) is 0 Å². The van der Waals surface area contributed by atoms with Gasteiger partial charge in [0.25, 0.3) is 6.26 Å². The molecule has 7 unspecified atom stereocenters. The van der Waals surface area contributed by atoms with Crippen molar-refractivity contribution >= 4 is 11.6 Å². The summed E-state index contributed by atoms with van der Waals surface area (Å²) in [6.07, 6.45) is 11.9. The van der Waals surface area contributed by atoms with Crippen molar-refractivity contribution in [2.75, 3.05) is 0 Å². The Labute approximate surface area is 216 Å². The summed E-state index contributed by atoms with van der Waals surface area (Å²) < 4.78 is 5.90. The van der Waals surface area contributed by atoms with Crippen LogP contribution in [0, 0.1) is 67.7 Å². The lowest BCUT2D eigenvalue weighted by Crippen LogP contribution is -2.66. The molecule has 5 nitrogen and oxygen atoms in total. The molecular formula is C31H40N2O3. The molecule has 5 aliphatic carbocycles. The summed E-state index contributed by atoms with van der Waals surface area (Å²) in [5, 5.41) is 19.4. The van der Waals surface area contributed by atoms with Gasteiger partial charge in [0.05, 0.1) is 5.57 Å². The Kier molecular flexibility index (Phi) is 5.15. The van der Waals surface area contributed by atoms with Crippen LogP contribution in [-0.2, 0) is 14.3 Å². The van der Waals surface area contributed by atoms with Crippen LogP contribution in [0.15, 0.2) is 23.3 Å². The number of fused-ring (bicyclic) bond motifs is 7. The number of allylic oxidation sites excluding steroid dienone is 4. The largest absolute Gasteiger partial charge is 0.421 e. The van der Waals surface area contributed by atoms with Gasteiger partial charge in [0, 0.05) is 22.7 Å². The first-order chi connectivity index (χ1) is 16.6. The fourth-order valence-corrected chi connectivity index (χ4v) is 9.85. The second kappa shape index (κ2) is 7.34. The Balaban J connectivity index is 1.70. The first-order valence-electron chi connectivity index (χ1n) is 13.6. The first kappa shape index (κ1) is 25.3. The van der Waals surface area contributed by atoms with E-state index in [1.165, 1.54) is 0 Å². The summed E-state index contributed by atoms with van der Waals surface area (Å²) in [6.45, 7) is 15.3. The molecule has 192 valence electrons. The second-order valence-corrected chi connectivity index (χ2v) is 14.5. The zero-order valence-electron chi connectivity index (χ0n) is 23.0. The molecule has 7 atom stereocenters. The van der Waals surface area contributed by atoms with Crippen molar-refractivity contribution in [2.24, 2.45) is 44.8 Å². The van der Waals surface area contributed by atoms with Gasteiger partial charge < -0.3 is 4.74 Å². The molecule has 0 bridgehead atoms. The fraction of sp³-hybridized carbons (Fsp3) is 0.742. The van der Waals surface area contributed by atoms with Crippen LogP contribution in [0.3, 0.4) is 0 Å². The molecule has 36 heavy (non-hydrogen) atoms. The van der Waals surface area contributed by atoms with Crippen molar-refractivity contribution in [3.63, 3.8) is 0 Å². The van der Waals surface area contributed by atoms with E-state index in [9.17, 15) is 20.1 Å². The van der Waals surface area contributed by atoms with Gasteiger partial charge in [-0.15, -0.1) is 0 Å². The number of rotatable bonds is 1. The first-order valence-corrected chi connectivity index (χ1v) is 13.6. The lowest BCUT2D eigenvalue weighted by atomic mass is 9.35. The van der Waals surface area contributed by atoms with Crippen molar-refractivity contribution < 1.29 is 14.3 Å². The summed E-state index contributed by atoms with van der Waals surface area (Å²) in [5.74, 6) is -0.0991. The van der Waals surface area contributed by atoms with Crippen LogP contribution in [0.25, 0.3) is 0 Å². The van der Waals surface area contributed by atoms with E-state index in [0.29, 0.717) is 0 Å². The molecule has 0 aromatic heterocycles. The number of hydrogen-bond acceptors (Lipinski definition) is 5. The Bertz CT molecular complexity index is 1200. The molecule has 0 radical (unpaired) electrons. The third kappa shape index (κ3) is 2.92. The highest BCUT2D eigenvalue weighted by Gasteiger charge is 2.70. The Morgan fingerprint density at radius 3 is 2.25 bits per heavy atom. The number of nitrogens with zero attached hydrogens (tertiary/aromatic N) is 2. The van der Waals surface area contributed by atoms with Crippen molar-refractivity contribution in [3.8, 4) is 12.3 Å². The van der Waals surface area contributed by atoms with Crippen LogP contribution >= 0.6 is 0 Å². The minimum Gasteiger partial charge on any atom is -0.421 e. The van der Waals surface area contributed by atoms with Crippen molar-refractivity contribution in [3.05, 3.63) is 23.3 Å². The van der Waals surface area contributed by atoms with E-state index in [2.05, 4.69) is 40.7 Å². The third-order valence-corrected chi connectivity index (χ3v) is 12.0. The molecule has 0 aromatic carbocycles. The molecule has 0 N–H and O–H groups in total. The number of ether oxygens (including phenoxy) is 1. The molecule has 0 amide bonds. The van der Waals surface area contributed by atoms with Crippen molar-refractivity contribution in [2.45, 2.75) is 99.0 Å². The number of Topliss-reactive ketones (excluding diaryl/α,β-unsaturated/α-hetero) is 1. The lowest BCUT2D eigenvalue weighted by molar-refractivity contribution is -0.194. The maximum Gasteiger partial charge on any atom is 0.286 e. The predicted molar refractivity (Wildman–Crippen MR) is 136 cm³/mol. The van der Waals surface area contributed by atoms with Gasteiger partial charge in [-0.1, -0.05) is 60.1 Å². The van der Waals surface area contributed by atoms with Gasteiger partial charge >= 0.3 is 0 Å². The van der Waals surface area contributed by atoms with Gasteiger partial charge in [0.15, 0.2) is 11.6 Å². The van der Waals surface area contributed by atoms with Crippen molar-refractivity contribution in [1.29, 1.82) is 10.5 Å². The van der Waals surface area contributed by atoms with Gasteiger partial charge in [-0.05, 0) is 73.2 Å². The van der Waals surface area contributed by atoms with E-state index in [4.69, 9.17) is 4.74 Å². The topological polar surface area (TPSA) is 90.9 Å². The number of ketones is 2. The average Bonchev–Trinajstić information content (AvgIpc) is 2.79. The molecule has 0 aromatic rings. The molecule has 0 saturated heterocycles. The predicted octanol–water partition coefficient (Wildman–Crippen LogP) is 6.46. The molecule has 3 saturated carbocycles. The summed E-state index contributed by atoms with van der Waals surface area (Å²) in [6, 6.07) is 2.17. The molecule has 0 spiro atoms. The Morgan fingerprint density at radius 2 is 1.61 bits per heavy atom. The number of carbonyl (C=O) groups excluding carboxylic acids is 2. The van der Waals surface area contributed by atoms with Crippen LogP contribution in [0.5, 0.6) is 0 Å². The second-order valence-electron chi connectivity index (χ2n) is 14.5. The Hall–Kier alpha value is -2.40. The van der Waals surface area contributed by atoms with Crippen LogP contribution in [-0.4, -0.2) is 17.2 Å². The Morgan fingerprint density at radius 1 is 0.944 bits per heavy atom. The minimum absolute atomic E-state index is 0.00175. The highest BCUT2D eigenvalue weighted by Crippen LogP contribution is 2.73. The normalized spacial score (nSPS) is 46.4. The molecule has 0 aliphatic heterocycles. The lowest BCUT2D eigenvalue weighted by Gasteiger charge is -2.68. The van der Waals surface area contributed by atoms with Gasteiger partial charge in [-0.2, -0.15) is 10.5 Å². The quantitative estimate of drug-likeness (QED) is 0.395. The standard InChI is InChI=1S/C31H40N2O3/c1-26(2)10-12-31(36-18-33)13-11-30(7)24(20(31)16-26)21(34)14-23-28(5)15-19(17-32)25(35)27(3,4)22(28)8-9-29(23,30)6/h14-15,20,22,24H,8-13,16H2,1-7H3. The molecular weight excluding hydrogens is 448 g/mol. The molecule has 5 heteroatoms. The van der Waals surface area contributed by atoms with Gasteiger partial charge in [0.2, 0.25) is 0 Å². The van der Waals surface area contributed by atoms with Crippen LogP contribution in [0.1, 0.15) is 93.4 Å². The van der Waals surface area contributed by atoms with E-state index in [1.807, 2.05) is 32.3 Å². The van der Waals surface area contributed by atoms with Crippen LogP contribution in [0.4, 0.5) is 0 Å². The highest BCUT2D eigenvalue weighted by atomic mass is 16.5. The highest BCUT2D eigenvalue weighted by molar-refractivity contribution is 6.04. The smallest absolute Gasteiger partial charge is 0.286 e. The summed E-state index contributed by atoms with van der Waals surface area (Å²) in [4.78, 5) is 27.4. The number of hydrogen-bond donors (Lipinski definition) is 0. The van der Waals surface area contributed by atoms with E-state index >= 15 is 0 Å². The van der Waals surface area contributed by atoms with Crippen molar-refractivity contribution in [1.82, 2.24) is 0 Å². The molecule has 0 heterocycles. The number of carbonyl (C=O) groups is 2. The van der Waals surface area contributed by atoms with E-state index in [0.717, 1.165) is 50.5 Å². The summed E-state index contributed by atoms with van der Waals surface area (Å²) >= 11 is 0. The van der Waals surface area contributed by atoms with Gasteiger partial charge in [0.1, 0.15) is 11.7 Å². The zero-order valence-corrected chi connectivity index (χ0v) is 23.0. The maximum absolute atomic E-state index is 14.3. The SMILES string of the molecule is CC1(C)CCC2(OC#N)CCC3(C)C(C(=O)C=C4C5(C)C=C(C#N)C(=O)C(C)(C)C5CCC43C)C2C1. The maximum atomic E-state index is 14.3. The molecule has 5 aliphatic rings. The summed E-state index contributed by atoms with van der Waals surface area (Å²) in [7, 11) is 0. The monoisotopic (exact) mass is 488 g/mol. The third-order valence-electron chi connectivity index (χ3n) is 12.0. The van der Waals surface area contributed by atoms with E-state index < -0.39 is 16.4 Å². The molecule has 3 fully saturated rings. The van der Waals surface area contributed by atoms with Crippen LogP contribution in [0.2, 0.25) is 0 Å².